The number of hydrogen-bond acceptors (Lipinski definition) is 3. The van der Waals surface area contributed by atoms with Crippen LogP contribution in [0.15, 0.2) is 41.3 Å². The Labute approximate surface area is 120 Å². The summed E-state index contributed by atoms with van der Waals surface area (Å²) in [4.78, 5) is 3.58. The third-order valence-electron chi connectivity index (χ3n) is 2.70. The van der Waals surface area contributed by atoms with Gasteiger partial charge in [-0.25, -0.2) is 9.24 Å². The molecule has 0 aliphatic carbocycles. The maximum atomic E-state index is 13.3. The predicted octanol–water partition coefficient (Wildman–Crippen LogP) is 4.38. The summed E-state index contributed by atoms with van der Waals surface area (Å²) in [5.41, 5.74) is 0.962. The number of aromatic hydroxyl groups is 1. The van der Waals surface area contributed by atoms with Crippen molar-refractivity contribution < 1.29 is 14.2 Å². The normalized spacial score (nSPS) is 10.1. The molecule has 0 aliphatic rings. The van der Waals surface area contributed by atoms with E-state index in [9.17, 15) is 9.50 Å². The smallest absolute Gasteiger partial charge is 0.223 e. The van der Waals surface area contributed by atoms with Crippen LogP contribution in [0, 0.1) is 12.4 Å². The molecule has 2 aromatic rings. The number of hydrogen-bond donors (Lipinski definition) is 1. The van der Waals surface area contributed by atoms with Crippen molar-refractivity contribution in [3.63, 3.8) is 0 Å². The molecule has 2 rings (SSSR count). The van der Waals surface area contributed by atoms with Crippen LogP contribution in [0.3, 0.4) is 0 Å². The lowest BCUT2D eigenvalue weighted by Gasteiger charge is -2.07. The highest BCUT2D eigenvalue weighted by molar-refractivity contribution is 7.98. The summed E-state index contributed by atoms with van der Waals surface area (Å²) in [7, 11) is 1.60. The quantitative estimate of drug-likeness (QED) is 0.669. The van der Waals surface area contributed by atoms with Crippen LogP contribution in [0.25, 0.3) is 4.85 Å². The number of thioether (sulfide) groups is 1. The second-order valence-electron chi connectivity index (χ2n) is 4.02. The first-order valence-corrected chi connectivity index (χ1v) is 6.78. The van der Waals surface area contributed by atoms with Gasteiger partial charge in [-0.3, -0.25) is 0 Å². The van der Waals surface area contributed by atoms with Gasteiger partial charge in [0.25, 0.3) is 0 Å². The molecule has 0 aromatic heterocycles. The van der Waals surface area contributed by atoms with Gasteiger partial charge < -0.3 is 9.84 Å². The molecule has 0 saturated heterocycles. The van der Waals surface area contributed by atoms with Gasteiger partial charge in [0.15, 0.2) is 0 Å². The molecule has 102 valence electrons. The third-order valence-corrected chi connectivity index (χ3v) is 3.82. The SMILES string of the molecule is [C-]#[N+]c1cc(SCc2ccc(OC)cc2)c(O)cc1F. The van der Waals surface area contributed by atoms with Crippen molar-refractivity contribution >= 4 is 17.4 Å². The zero-order valence-corrected chi connectivity index (χ0v) is 11.6. The van der Waals surface area contributed by atoms with Gasteiger partial charge in [0.2, 0.25) is 5.69 Å². The molecule has 0 fully saturated rings. The van der Waals surface area contributed by atoms with E-state index in [4.69, 9.17) is 11.3 Å². The number of phenolic OH excluding ortho intramolecular Hbond substituents is 1. The molecule has 0 aliphatic heterocycles. The van der Waals surface area contributed by atoms with Crippen LogP contribution in [0.1, 0.15) is 5.56 Å². The fourth-order valence-electron chi connectivity index (χ4n) is 1.62. The summed E-state index contributed by atoms with van der Waals surface area (Å²) in [6, 6.07) is 9.88. The van der Waals surface area contributed by atoms with Crippen LogP contribution in [0.5, 0.6) is 11.5 Å². The Kier molecular flexibility index (Phi) is 4.49. The summed E-state index contributed by atoms with van der Waals surface area (Å²) in [5, 5.41) is 9.69. The fraction of sp³-hybridized carbons (Fsp3) is 0.133. The molecule has 0 heterocycles. The van der Waals surface area contributed by atoms with Gasteiger partial charge in [-0.2, -0.15) is 0 Å². The summed E-state index contributed by atoms with van der Waals surface area (Å²) in [6.07, 6.45) is 0. The van der Waals surface area contributed by atoms with E-state index in [0.29, 0.717) is 10.6 Å². The summed E-state index contributed by atoms with van der Waals surface area (Å²) < 4.78 is 18.4. The summed E-state index contributed by atoms with van der Waals surface area (Å²) in [6.45, 7) is 6.87. The molecule has 0 atom stereocenters. The zero-order chi connectivity index (χ0) is 14.5. The Morgan fingerprint density at radius 3 is 2.60 bits per heavy atom. The van der Waals surface area contributed by atoms with E-state index in [1.165, 1.54) is 17.8 Å². The van der Waals surface area contributed by atoms with Crippen molar-refractivity contribution in [1.29, 1.82) is 0 Å². The van der Waals surface area contributed by atoms with Crippen LogP contribution in [-0.2, 0) is 5.75 Å². The Bertz CT molecular complexity index is 650. The largest absolute Gasteiger partial charge is 0.507 e. The van der Waals surface area contributed by atoms with Gasteiger partial charge in [0.1, 0.15) is 17.3 Å². The molecule has 0 bridgehead atoms. The van der Waals surface area contributed by atoms with E-state index in [1.54, 1.807) is 7.11 Å². The molecule has 0 radical (unpaired) electrons. The number of halogens is 1. The van der Waals surface area contributed by atoms with E-state index in [2.05, 4.69) is 4.85 Å². The van der Waals surface area contributed by atoms with E-state index < -0.39 is 5.82 Å². The number of phenols is 1. The van der Waals surface area contributed by atoms with Gasteiger partial charge in [0, 0.05) is 16.7 Å². The molecule has 0 unspecified atom stereocenters. The monoisotopic (exact) mass is 289 g/mol. The average molecular weight is 289 g/mol. The van der Waals surface area contributed by atoms with E-state index in [-0.39, 0.29) is 11.4 Å². The lowest BCUT2D eigenvalue weighted by atomic mass is 10.2. The molecule has 0 spiro atoms. The lowest BCUT2D eigenvalue weighted by Crippen LogP contribution is -1.85. The zero-order valence-electron chi connectivity index (χ0n) is 10.8. The van der Waals surface area contributed by atoms with Crippen molar-refractivity contribution in [2.45, 2.75) is 10.6 Å². The fourth-order valence-corrected chi connectivity index (χ4v) is 2.53. The molecule has 2 aromatic carbocycles. The molecular weight excluding hydrogens is 277 g/mol. The number of ether oxygens (including phenoxy) is 1. The highest BCUT2D eigenvalue weighted by Gasteiger charge is 2.09. The minimum Gasteiger partial charge on any atom is -0.507 e. The van der Waals surface area contributed by atoms with Crippen molar-refractivity contribution in [2.24, 2.45) is 0 Å². The maximum absolute atomic E-state index is 13.3. The van der Waals surface area contributed by atoms with Gasteiger partial charge in [0.05, 0.1) is 13.7 Å². The molecule has 0 saturated carbocycles. The number of nitrogens with zero attached hydrogens (tertiary/aromatic N) is 1. The van der Waals surface area contributed by atoms with E-state index >= 15 is 0 Å². The summed E-state index contributed by atoms with van der Waals surface area (Å²) in [5.74, 6) is 0.541. The molecule has 20 heavy (non-hydrogen) atoms. The van der Waals surface area contributed by atoms with Crippen molar-refractivity contribution in [1.82, 2.24) is 0 Å². The maximum Gasteiger partial charge on any atom is 0.223 e. The van der Waals surface area contributed by atoms with Crippen molar-refractivity contribution in [2.75, 3.05) is 7.11 Å². The van der Waals surface area contributed by atoms with Gasteiger partial charge >= 0.3 is 0 Å². The molecule has 5 heteroatoms. The van der Waals surface area contributed by atoms with Crippen LogP contribution in [-0.4, -0.2) is 12.2 Å². The first-order valence-electron chi connectivity index (χ1n) is 5.79. The van der Waals surface area contributed by atoms with Crippen LogP contribution < -0.4 is 4.74 Å². The average Bonchev–Trinajstić information content (AvgIpc) is 2.47. The molecule has 0 amide bonds. The second-order valence-corrected chi connectivity index (χ2v) is 5.04. The highest BCUT2D eigenvalue weighted by Crippen LogP contribution is 2.36. The third kappa shape index (κ3) is 3.22. The molecule has 3 nitrogen and oxygen atoms in total. The Hall–Kier alpha value is -2.19. The number of rotatable bonds is 4. The molecule has 1 N–H and O–H groups in total. The minimum absolute atomic E-state index is 0.0833. The molecular formula is C15H12FNO2S. The standard InChI is InChI=1S/C15H12FNO2S/c1-17-13-8-15(14(18)7-12(13)16)20-9-10-3-5-11(19-2)6-4-10/h3-8,18H,9H2,2H3. The first kappa shape index (κ1) is 14.2. The number of methoxy groups -OCH3 is 1. The lowest BCUT2D eigenvalue weighted by molar-refractivity contribution is 0.414. The predicted molar refractivity (Wildman–Crippen MR) is 76.9 cm³/mol. The second kappa shape index (κ2) is 6.31. The van der Waals surface area contributed by atoms with Gasteiger partial charge in [-0.1, -0.05) is 12.1 Å². The minimum atomic E-state index is -0.703. The summed E-state index contributed by atoms with van der Waals surface area (Å²) >= 11 is 1.35. The topological polar surface area (TPSA) is 33.8 Å². The Balaban J connectivity index is 2.12. The van der Waals surface area contributed by atoms with E-state index in [0.717, 1.165) is 17.4 Å². The Morgan fingerprint density at radius 1 is 1.30 bits per heavy atom. The van der Waals surface area contributed by atoms with Crippen molar-refractivity contribution in [3.05, 3.63) is 59.2 Å². The van der Waals surface area contributed by atoms with Gasteiger partial charge in [-0.15, -0.1) is 11.8 Å². The van der Waals surface area contributed by atoms with Crippen LogP contribution >= 0.6 is 11.8 Å². The van der Waals surface area contributed by atoms with Gasteiger partial charge in [-0.05, 0) is 23.8 Å². The van der Waals surface area contributed by atoms with E-state index in [1.807, 2.05) is 24.3 Å². The van der Waals surface area contributed by atoms with Crippen LogP contribution in [0.2, 0.25) is 0 Å². The number of benzene rings is 2. The van der Waals surface area contributed by atoms with Crippen molar-refractivity contribution in [3.8, 4) is 11.5 Å². The highest BCUT2D eigenvalue weighted by atomic mass is 32.2. The Morgan fingerprint density at radius 2 is 2.00 bits per heavy atom. The van der Waals surface area contributed by atoms with Crippen LogP contribution in [0.4, 0.5) is 10.1 Å². The first-order chi connectivity index (χ1) is 9.63.